The summed E-state index contributed by atoms with van der Waals surface area (Å²) in [5.41, 5.74) is 1.13. The lowest BCUT2D eigenvalue weighted by atomic mass is 10.1. The Labute approximate surface area is 225 Å². The van der Waals surface area contributed by atoms with Crippen molar-refractivity contribution in [3.05, 3.63) is 83.6 Å². The van der Waals surface area contributed by atoms with Crippen molar-refractivity contribution in [1.82, 2.24) is 5.32 Å². The molecule has 0 saturated carbocycles. The van der Waals surface area contributed by atoms with E-state index in [1.807, 2.05) is 25.1 Å². The fourth-order valence-corrected chi connectivity index (χ4v) is 3.40. The Morgan fingerprint density at radius 1 is 1.00 bits per heavy atom. The fourth-order valence-electron chi connectivity index (χ4n) is 3.40. The summed E-state index contributed by atoms with van der Waals surface area (Å²) in [4.78, 5) is 24.1. The van der Waals surface area contributed by atoms with Crippen LogP contribution in [-0.2, 0) is 38.4 Å². The first kappa shape index (κ1) is 30.3. The molecule has 0 bridgehead atoms. The molecule has 0 heterocycles. The monoisotopic (exact) mass is 525 g/mol. The fraction of sp³-hybridized carbons (Fsp3) is 0.400. The molecule has 0 spiro atoms. The molecule has 1 unspecified atom stereocenters. The van der Waals surface area contributed by atoms with Crippen LogP contribution < -0.4 is 10.1 Å². The topological polar surface area (TPSA) is 103 Å². The van der Waals surface area contributed by atoms with Crippen molar-refractivity contribution in [3.63, 3.8) is 0 Å². The van der Waals surface area contributed by atoms with Crippen LogP contribution in [0.5, 0.6) is 11.5 Å². The summed E-state index contributed by atoms with van der Waals surface area (Å²) in [6, 6.07) is 12.4. The van der Waals surface area contributed by atoms with Gasteiger partial charge < -0.3 is 29.4 Å². The molecule has 2 aromatic rings. The van der Waals surface area contributed by atoms with E-state index in [-0.39, 0.29) is 31.1 Å². The maximum atomic E-state index is 12.1. The minimum absolute atomic E-state index is 0.0235. The number of benzene rings is 2. The lowest BCUT2D eigenvalue weighted by Crippen LogP contribution is -2.32. The number of carbonyl (C=O) groups excluding carboxylic acids is 2. The molecule has 2 aromatic carbocycles. The summed E-state index contributed by atoms with van der Waals surface area (Å²) in [5.74, 6) is 0.147. The van der Waals surface area contributed by atoms with Crippen LogP contribution in [0.4, 0.5) is 4.79 Å². The van der Waals surface area contributed by atoms with E-state index < -0.39 is 18.0 Å². The zero-order chi connectivity index (χ0) is 28.0. The average Bonchev–Trinajstić information content (AvgIpc) is 2.84. The normalized spacial score (nSPS) is 12.3. The van der Waals surface area contributed by atoms with E-state index in [1.165, 1.54) is 6.26 Å². The second kappa shape index (κ2) is 15.3. The van der Waals surface area contributed by atoms with Crippen LogP contribution in [-0.4, -0.2) is 35.7 Å². The largest absolute Gasteiger partial charge is 0.507 e. The van der Waals surface area contributed by atoms with Crippen LogP contribution in [0.1, 0.15) is 57.7 Å². The van der Waals surface area contributed by atoms with Gasteiger partial charge in [-0.3, -0.25) is 4.79 Å². The molecule has 0 aliphatic rings. The molecule has 1 atom stereocenters. The first-order valence-electron chi connectivity index (χ1n) is 12.8. The summed E-state index contributed by atoms with van der Waals surface area (Å²) < 4.78 is 22.4. The Hall–Kier alpha value is -3.94. The highest BCUT2D eigenvalue weighted by atomic mass is 16.7. The molecule has 0 fully saturated rings. The van der Waals surface area contributed by atoms with Gasteiger partial charge in [-0.1, -0.05) is 55.5 Å². The second-order valence-corrected chi connectivity index (χ2v) is 9.42. The molecule has 0 aliphatic carbocycles. The number of phenolic OH excluding ortho intramolecular Hbond substituents is 1. The number of esters is 1. The molecule has 0 radical (unpaired) electrons. The maximum absolute atomic E-state index is 12.1. The maximum Gasteiger partial charge on any atom is 0.407 e. The van der Waals surface area contributed by atoms with Gasteiger partial charge in [0, 0.05) is 23.2 Å². The third kappa shape index (κ3) is 11.0. The lowest BCUT2D eigenvalue weighted by molar-refractivity contribution is -0.142. The van der Waals surface area contributed by atoms with Gasteiger partial charge in [0.1, 0.15) is 17.1 Å². The zero-order valence-corrected chi connectivity index (χ0v) is 22.9. The highest BCUT2D eigenvalue weighted by Crippen LogP contribution is 2.27. The Morgan fingerprint density at radius 2 is 1.71 bits per heavy atom. The van der Waals surface area contributed by atoms with Gasteiger partial charge in [0.25, 0.3) is 0 Å². The molecular weight excluding hydrogens is 486 g/mol. The predicted octanol–water partition coefficient (Wildman–Crippen LogP) is 5.97. The molecule has 2 rings (SSSR count). The quantitative estimate of drug-likeness (QED) is 0.144. The van der Waals surface area contributed by atoms with Gasteiger partial charge >= 0.3 is 12.1 Å². The van der Waals surface area contributed by atoms with E-state index in [4.69, 9.17) is 18.9 Å². The minimum atomic E-state index is -0.815. The number of carbonyl (C=O) groups is 2. The van der Waals surface area contributed by atoms with Crippen molar-refractivity contribution < 1.29 is 33.6 Å². The summed E-state index contributed by atoms with van der Waals surface area (Å²) >= 11 is 0. The molecular formula is C30H39NO7. The predicted molar refractivity (Wildman–Crippen MR) is 146 cm³/mol. The van der Waals surface area contributed by atoms with Gasteiger partial charge in [-0.25, -0.2) is 4.79 Å². The second-order valence-electron chi connectivity index (χ2n) is 9.42. The molecule has 8 nitrogen and oxygen atoms in total. The molecule has 2 N–H and O–H groups in total. The average molecular weight is 526 g/mol. The van der Waals surface area contributed by atoms with Gasteiger partial charge in [-0.05, 0) is 46.3 Å². The molecule has 38 heavy (non-hydrogen) atoms. The van der Waals surface area contributed by atoms with Crippen LogP contribution in [0, 0.1) is 0 Å². The van der Waals surface area contributed by atoms with E-state index >= 15 is 0 Å². The smallest absolute Gasteiger partial charge is 0.407 e. The number of hydrogen-bond donors (Lipinski definition) is 2. The van der Waals surface area contributed by atoms with Crippen molar-refractivity contribution in [1.29, 1.82) is 0 Å². The first-order valence-corrected chi connectivity index (χ1v) is 12.8. The van der Waals surface area contributed by atoms with Gasteiger partial charge in [-0.15, -0.1) is 0 Å². The minimum Gasteiger partial charge on any atom is -0.507 e. The van der Waals surface area contributed by atoms with Crippen molar-refractivity contribution in [2.45, 2.75) is 72.3 Å². The third-order valence-electron chi connectivity index (χ3n) is 5.07. The number of nitrogens with one attached hydrogen (secondary N) is 1. The van der Waals surface area contributed by atoms with Gasteiger partial charge in [0.15, 0.2) is 0 Å². The Kier molecular flexibility index (Phi) is 12.2. The number of ether oxygens (including phenoxy) is 4. The summed E-state index contributed by atoms with van der Waals surface area (Å²) in [7, 11) is 0. The van der Waals surface area contributed by atoms with E-state index in [0.29, 0.717) is 29.0 Å². The van der Waals surface area contributed by atoms with Crippen molar-refractivity contribution in [3.8, 4) is 11.5 Å². The van der Waals surface area contributed by atoms with Gasteiger partial charge in [-0.2, -0.15) is 0 Å². The highest BCUT2D eigenvalue weighted by molar-refractivity contribution is 5.73. The molecule has 1 amide bonds. The standard InChI is InChI=1S/C30H39NO7/c1-6-8-9-12-18-36-27(37-25-17-11-10-14-22(25)19-26(32)35-7-2)20-23-15-13-16-24(28(23)33)21-31-29(34)38-30(3,4)5/h8-18,27,33H,6-7,19-21H2,1-5H3,(H,31,34)/b9-8+,18-12-. The number of hydrogen-bond acceptors (Lipinski definition) is 7. The molecule has 206 valence electrons. The van der Waals surface area contributed by atoms with Crippen LogP contribution in [0.3, 0.4) is 0 Å². The third-order valence-corrected chi connectivity index (χ3v) is 5.07. The first-order chi connectivity index (χ1) is 18.1. The van der Waals surface area contributed by atoms with Crippen LogP contribution in [0.15, 0.2) is 67.0 Å². The van der Waals surface area contributed by atoms with Crippen LogP contribution >= 0.6 is 0 Å². The summed E-state index contributed by atoms with van der Waals surface area (Å²) in [5, 5.41) is 13.6. The Bertz CT molecular complexity index is 1100. The zero-order valence-electron chi connectivity index (χ0n) is 22.9. The van der Waals surface area contributed by atoms with Crippen molar-refractivity contribution in [2.75, 3.05) is 6.61 Å². The molecule has 8 heteroatoms. The van der Waals surface area contributed by atoms with E-state index in [1.54, 1.807) is 70.2 Å². The highest BCUT2D eigenvalue weighted by Gasteiger charge is 2.20. The number of amides is 1. The molecule has 0 saturated heterocycles. The Balaban J connectivity index is 2.22. The SMILES string of the molecule is CC/C=C/C=C\OC(Cc1cccc(CNC(=O)OC(C)(C)C)c1O)Oc1ccccc1CC(=O)OCC. The number of aromatic hydroxyl groups is 1. The van der Waals surface area contributed by atoms with E-state index in [0.717, 1.165) is 6.42 Å². The number of rotatable bonds is 13. The number of allylic oxidation sites excluding steroid dienone is 3. The van der Waals surface area contributed by atoms with Gasteiger partial charge in [0.2, 0.25) is 6.29 Å². The van der Waals surface area contributed by atoms with Crippen molar-refractivity contribution >= 4 is 12.1 Å². The lowest BCUT2D eigenvalue weighted by Gasteiger charge is -2.22. The van der Waals surface area contributed by atoms with Crippen molar-refractivity contribution in [2.24, 2.45) is 0 Å². The number of para-hydroxylation sites is 2. The van der Waals surface area contributed by atoms with Crippen LogP contribution in [0.2, 0.25) is 0 Å². The molecule has 0 aromatic heterocycles. The summed E-state index contributed by atoms with van der Waals surface area (Å²) in [6.07, 6.45) is 6.89. The van der Waals surface area contributed by atoms with Crippen LogP contribution in [0.25, 0.3) is 0 Å². The Morgan fingerprint density at radius 3 is 2.42 bits per heavy atom. The number of alkyl carbamates (subject to hydrolysis) is 1. The van der Waals surface area contributed by atoms with E-state index in [2.05, 4.69) is 5.32 Å². The molecule has 0 aliphatic heterocycles. The van der Waals surface area contributed by atoms with Gasteiger partial charge in [0.05, 0.1) is 25.7 Å². The van der Waals surface area contributed by atoms with E-state index in [9.17, 15) is 14.7 Å². The summed E-state index contributed by atoms with van der Waals surface area (Å²) in [6.45, 7) is 9.51. The number of phenols is 1.